The maximum atomic E-state index is 12.6. The van der Waals surface area contributed by atoms with Gasteiger partial charge in [-0.15, -0.1) is 0 Å². The summed E-state index contributed by atoms with van der Waals surface area (Å²) >= 11 is 0. The molecule has 1 heterocycles. The van der Waals surface area contributed by atoms with Gasteiger partial charge in [-0.1, -0.05) is 35.4 Å². The Bertz CT molecular complexity index is 902. The summed E-state index contributed by atoms with van der Waals surface area (Å²) in [4.78, 5) is 38.6. The van der Waals surface area contributed by atoms with Crippen molar-refractivity contribution >= 4 is 23.5 Å². The van der Waals surface area contributed by atoms with E-state index in [2.05, 4.69) is 5.32 Å². The van der Waals surface area contributed by atoms with E-state index in [1.54, 1.807) is 24.0 Å². The summed E-state index contributed by atoms with van der Waals surface area (Å²) < 4.78 is 5.23. The molecule has 28 heavy (non-hydrogen) atoms. The highest BCUT2D eigenvalue weighted by Crippen LogP contribution is 2.28. The molecule has 1 N–H and O–H groups in total. The van der Waals surface area contributed by atoms with Crippen LogP contribution in [0, 0.1) is 13.8 Å². The Hall–Kier alpha value is -3.15. The monoisotopic (exact) mass is 380 g/mol. The highest BCUT2D eigenvalue weighted by Gasteiger charge is 2.29. The van der Waals surface area contributed by atoms with E-state index in [0.29, 0.717) is 12.1 Å². The molecule has 146 valence electrons. The SMILES string of the molecule is Cc1cc(C)cc(C(=O)NCC(=O)OC(C)C(=O)N2CCc3ccccc32)c1. The summed E-state index contributed by atoms with van der Waals surface area (Å²) in [7, 11) is 0. The standard InChI is InChI=1S/C22H24N2O4/c1-14-10-15(2)12-18(11-14)21(26)23-13-20(25)28-16(3)22(27)24-9-8-17-6-4-5-7-19(17)24/h4-7,10-12,16H,8-9,13H2,1-3H3,(H,23,26). The number of hydrogen-bond donors (Lipinski definition) is 1. The third kappa shape index (κ3) is 4.39. The lowest BCUT2D eigenvalue weighted by Gasteiger charge is -2.21. The molecule has 0 radical (unpaired) electrons. The van der Waals surface area contributed by atoms with Crippen LogP contribution in [0.3, 0.4) is 0 Å². The summed E-state index contributed by atoms with van der Waals surface area (Å²) in [6, 6.07) is 13.2. The van der Waals surface area contributed by atoms with Crippen molar-refractivity contribution in [2.75, 3.05) is 18.0 Å². The number of hydrogen-bond acceptors (Lipinski definition) is 4. The number of nitrogens with zero attached hydrogens (tertiary/aromatic N) is 1. The van der Waals surface area contributed by atoms with E-state index < -0.39 is 12.1 Å². The molecule has 1 aliphatic rings. The number of ether oxygens (including phenoxy) is 1. The first-order valence-corrected chi connectivity index (χ1v) is 9.30. The van der Waals surface area contributed by atoms with Gasteiger partial charge < -0.3 is 15.0 Å². The number of carbonyl (C=O) groups excluding carboxylic acids is 3. The van der Waals surface area contributed by atoms with E-state index >= 15 is 0 Å². The lowest BCUT2D eigenvalue weighted by Crippen LogP contribution is -2.41. The van der Waals surface area contributed by atoms with Crippen LogP contribution in [0.2, 0.25) is 0 Å². The number of esters is 1. The van der Waals surface area contributed by atoms with Gasteiger partial charge in [0.1, 0.15) is 6.54 Å². The number of benzene rings is 2. The lowest BCUT2D eigenvalue weighted by molar-refractivity contribution is -0.152. The van der Waals surface area contributed by atoms with Crippen LogP contribution >= 0.6 is 0 Å². The van der Waals surface area contributed by atoms with Gasteiger partial charge in [0, 0.05) is 17.8 Å². The molecule has 0 bridgehead atoms. The van der Waals surface area contributed by atoms with Gasteiger partial charge >= 0.3 is 5.97 Å². The number of amides is 2. The Morgan fingerprint density at radius 1 is 1.11 bits per heavy atom. The molecule has 1 atom stereocenters. The predicted molar refractivity (Wildman–Crippen MR) is 106 cm³/mol. The normalized spacial score (nSPS) is 13.6. The summed E-state index contributed by atoms with van der Waals surface area (Å²) in [5.41, 5.74) is 4.40. The third-order valence-electron chi connectivity index (χ3n) is 4.69. The Labute approximate surface area is 164 Å². The first kappa shape index (κ1) is 19.6. The van der Waals surface area contributed by atoms with Crippen molar-refractivity contribution in [3.63, 3.8) is 0 Å². The number of rotatable bonds is 5. The zero-order valence-corrected chi connectivity index (χ0v) is 16.3. The smallest absolute Gasteiger partial charge is 0.326 e. The molecule has 2 amide bonds. The van der Waals surface area contributed by atoms with Gasteiger partial charge in [-0.05, 0) is 51.0 Å². The van der Waals surface area contributed by atoms with Crippen molar-refractivity contribution < 1.29 is 19.1 Å². The van der Waals surface area contributed by atoms with Crippen LogP contribution in [0.15, 0.2) is 42.5 Å². The van der Waals surface area contributed by atoms with Gasteiger partial charge in [0.2, 0.25) is 0 Å². The molecule has 1 aliphatic heterocycles. The second-order valence-corrected chi connectivity index (χ2v) is 7.06. The van der Waals surface area contributed by atoms with Gasteiger partial charge in [0.05, 0.1) is 0 Å². The summed E-state index contributed by atoms with van der Waals surface area (Å²) in [6.45, 7) is 5.64. The number of fused-ring (bicyclic) bond motifs is 1. The summed E-state index contributed by atoms with van der Waals surface area (Å²) in [6.07, 6.45) is -0.133. The zero-order valence-electron chi connectivity index (χ0n) is 16.3. The highest BCUT2D eigenvalue weighted by molar-refractivity contribution is 5.99. The number of anilines is 1. The van der Waals surface area contributed by atoms with E-state index in [1.165, 1.54) is 0 Å². The fourth-order valence-corrected chi connectivity index (χ4v) is 3.44. The molecule has 0 saturated heterocycles. The van der Waals surface area contributed by atoms with E-state index in [1.807, 2.05) is 44.2 Å². The van der Waals surface area contributed by atoms with Crippen LogP contribution in [0.5, 0.6) is 0 Å². The second-order valence-electron chi connectivity index (χ2n) is 7.06. The topological polar surface area (TPSA) is 75.7 Å². The van der Waals surface area contributed by atoms with Crippen LogP contribution in [-0.2, 0) is 20.7 Å². The van der Waals surface area contributed by atoms with Crippen molar-refractivity contribution in [2.24, 2.45) is 0 Å². The molecule has 2 aromatic carbocycles. The molecule has 0 aromatic heterocycles. The molecule has 3 rings (SSSR count). The van der Waals surface area contributed by atoms with Crippen molar-refractivity contribution in [1.82, 2.24) is 5.32 Å². The fraction of sp³-hybridized carbons (Fsp3) is 0.318. The second kappa shape index (κ2) is 8.25. The first-order chi connectivity index (χ1) is 13.3. The molecule has 0 saturated carbocycles. The van der Waals surface area contributed by atoms with Crippen molar-refractivity contribution in [1.29, 1.82) is 0 Å². The zero-order chi connectivity index (χ0) is 20.3. The lowest BCUT2D eigenvalue weighted by atomic mass is 10.1. The largest absolute Gasteiger partial charge is 0.451 e. The van der Waals surface area contributed by atoms with Crippen LogP contribution < -0.4 is 10.2 Å². The first-order valence-electron chi connectivity index (χ1n) is 9.30. The number of para-hydroxylation sites is 1. The average molecular weight is 380 g/mol. The van der Waals surface area contributed by atoms with Gasteiger partial charge in [0.15, 0.2) is 6.10 Å². The van der Waals surface area contributed by atoms with Crippen molar-refractivity contribution in [2.45, 2.75) is 33.3 Å². The molecular formula is C22H24N2O4. The van der Waals surface area contributed by atoms with E-state index in [4.69, 9.17) is 4.74 Å². The molecule has 0 aliphatic carbocycles. The number of carbonyl (C=O) groups is 3. The van der Waals surface area contributed by atoms with Gasteiger partial charge in [-0.25, -0.2) is 0 Å². The van der Waals surface area contributed by atoms with Crippen LogP contribution in [0.4, 0.5) is 5.69 Å². The van der Waals surface area contributed by atoms with E-state index in [9.17, 15) is 14.4 Å². The predicted octanol–water partition coefficient (Wildman–Crippen LogP) is 2.55. The number of aryl methyl sites for hydroxylation is 2. The quantitative estimate of drug-likeness (QED) is 0.809. The maximum Gasteiger partial charge on any atom is 0.326 e. The Kier molecular flexibility index (Phi) is 5.78. The Morgan fingerprint density at radius 3 is 2.50 bits per heavy atom. The molecule has 0 spiro atoms. The molecule has 0 fully saturated rings. The van der Waals surface area contributed by atoms with Crippen LogP contribution in [-0.4, -0.2) is 37.0 Å². The van der Waals surface area contributed by atoms with Crippen molar-refractivity contribution in [3.05, 3.63) is 64.7 Å². The maximum absolute atomic E-state index is 12.6. The van der Waals surface area contributed by atoms with Gasteiger partial charge in [-0.2, -0.15) is 0 Å². The molecule has 6 nitrogen and oxygen atoms in total. The fourth-order valence-electron chi connectivity index (χ4n) is 3.44. The minimum atomic E-state index is -0.920. The molecule has 6 heteroatoms. The molecular weight excluding hydrogens is 356 g/mol. The minimum absolute atomic E-state index is 0.265. The van der Waals surface area contributed by atoms with Gasteiger partial charge in [0.25, 0.3) is 11.8 Å². The van der Waals surface area contributed by atoms with E-state index in [0.717, 1.165) is 28.8 Å². The molecule has 2 aromatic rings. The van der Waals surface area contributed by atoms with Crippen molar-refractivity contribution in [3.8, 4) is 0 Å². The molecule has 1 unspecified atom stereocenters. The highest BCUT2D eigenvalue weighted by atomic mass is 16.5. The van der Waals surface area contributed by atoms with Crippen LogP contribution in [0.25, 0.3) is 0 Å². The minimum Gasteiger partial charge on any atom is -0.451 e. The summed E-state index contributed by atoms with van der Waals surface area (Å²) in [5.74, 6) is -1.26. The van der Waals surface area contributed by atoms with Gasteiger partial charge in [-0.3, -0.25) is 14.4 Å². The van der Waals surface area contributed by atoms with Crippen LogP contribution in [0.1, 0.15) is 34.0 Å². The summed E-state index contributed by atoms with van der Waals surface area (Å²) in [5, 5.41) is 2.54. The van der Waals surface area contributed by atoms with E-state index in [-0.39, 0.29) is 18.4 Å². The Balaban J connectivity index is 1.53. The third-order valence-corrected chi connectivity index (χ3v) is 4.69. The average Bonchev–Trinajstić information content (AvgIpc) is 3.08. The number of nitrogens with one attached hydrogen (secondary N) is 1. The Morgan fingerprint density at radius 2 is 1.79 bits per heavy atom.